The van der Waals surface area contributed by atoms with Gasteiger partial charge in [-0.15, -0.1) is 0 Å². The van der Waals surface area contributed by atoms with Crippen LogP contribution in [0, 0.1) is 13.8 Å². The number of carbonyl (C=O) groups is 2. The number of hydrogen-bond acceptors (Lipinski definition) is 4. The third kappa shape index (κ3) is 5.74. The largest absolute Gasteiger partial charge is 0.490 e. The molecule has 0 aliphatic heterocycles. The highest BCUT2D eigenvalue weighted by Crippen LogP contribution is 2.28. The third-order valence-electron chi connectivity index (χ3n) is 4.37. The molecule has 2 amide bonds. The summed E-state index contributed by atoms with van der Waals surface area (Å²) in [7, 11) is 0. The van der Waals surface area contributed by atoms with Gasteiger partial charge in [-0.1, -0.05) is 18.2 Å². The van der Waals surface area contributed by atoms with E-state index in [1.54, 1.807) is 6.07 Å². The zero-order valence-corrected chi connectivity index (χ0v) is 16.9. The van der Waals surface area contributed by atoms with Gasteiger partial charge in [0.25, 0.3) is 0 Å². The molecule has 0 spiro atoms. The molecule has 0 radical (unpaired) electrons. The van der Waals surface area contributed by atoms with E-state index in [-0.39, 0.29) is 0 Å². The normalized spacial score (nSPS) is 10.3. The summed E-state index contributed by atoms with van der Waals surface area (Å²) in [6.45, 7) is 9.14. The van der Waals surface area contributed by atoms with Gasteiger partial charge in [-0.3, -0.25) is 9.59 Å². The monoisotopic (exact) mass is 384 g/mol. The van der Waals surface area contributed by atoms with E-state index in [1.165, 1.54) is 0 Å². The zero-order chi connectivity index (χ0) is 20.5. The fraction of sp³-hybridized carbons (Fsp3) is 0.364. The Labute approximate surface area is 166 Å². The third-order valence-corrected chi connectivity index (χ3v) is 4.37. The van der Waals surface area contributed by atoms with Crippen molar-refractivity contribution in [2.75, 3.05) is 25.1 Å². The summed E-state index contributed by atoms with van der Waals surface area (Å²) in [6.07, 6.45) is 0.578. The van der Waals surface area contributed by atoms with Crippen LogP contribution < -0.4 is 20.1 Å². The van der Waals surface area contributed by atoms with Gasteiger partial charge in [0.2, 0.25) is 0 Å². The van der Waals surface area contributed by atoms with Crippen molar-refractivity contribution < 1.29 is 19.1 Å². The molecule has 0 aliphatic rings. The van der Waals surface area contributed by atoms with Gasteiger partial charge in [0.1, 0.15) is 0 Å². The Balaban J connectivity index is 1.90. The maximum atomic E-state index is 12.1. The highest BCUT2D eigenvalue weighted by Gasteiger charge is 2.15. The van der Waals surface area contributed by atoms with Crippen LogP contribution in [0.1, 0.15) is 30.5 Å². The average Bonchev–Trinajstić information content (AvgIpc) is 2.67. The lowest BCUT2D eigenvalue weighted by Crippen LogP contribution is -2.36. The molecule has 0 aliphatic carbocycles. The van der Waals surface area contributed by atoms with Crippen LogP contribution in [-0.4, -0.2) is 31.6 Å². The number of benzene rings is 2. The SMILES string of the molecule is CCOc1ccc(CCNC(=O)C(=O)Nc2cccc(C)c2C)cc1OCC. The smallest absolute Gasteiger partial charge is 0.313 e. The molecule has 2 N–H and O–H groups in total. The van der Waals surface area contributed by atoms with Crippen LogP contribution in [-0.2, 0) is 16.0 Å². The van der Waals surface area contributed by atoms with Crippen LogP contribution in [0.2, 0.25) is 0 Å². The first-order valence-corrected chi connectivity index (χ1v) is 9.50. The second-order valence-corrected chi connectivity index (χ2v) is 6.35. The maximum absolute atomic E-state index is 12.1. The Hall–Kier alpha value is -3.02. The molecule has 150 valence electrons. The predicted molar refractivity (Wildman–Crippen MR) is 110 cm³/mol. The van der Waals surface area contributed by atoms with Crippen molar-refractivity contribution in [1.29, 1.82) is 0 Å². The molecule has 2 rings (SSSR count). The van der Waals surface area contributed by atoms with Crippen LogP contribution in [0.15, 0.2) is 36.4 Å². The predicted octanol–water partition coefficient (Wildman–Crippen LogP) is 3.40. The molecule has 0 heterocycles. The number of carbonyl (C=O) groups excluding carboxylic acids is 2. The van der Waals surface area contributed by atoms with Crippen LogP contribution in [0.4, 0.5) is 5.69 Å². The van der Waals surface area contributed by atoms with Gasteiger partial charge in [0, 0.05) is 12.2 Å². The van der Waals surface area contributed by atoms with E-state index in [0.717, 1.165) is 16.7 Å². The van der Waals surface area contributed by atoms with Crippen molar-refractivity contribution in [3.63, 3.8) is 0 Å². The average molecular weight is 384 g/mol. The lowest BCUT2D eigenvalue weighted by Gasteiger charge is -2.13. The van der Waals surface area contributed by atoms with Crippen molar-refractivity contribution in [2.24, 2.45) is 0 Å². The van der Waals surface area contributed by atoms with Gasteiger partial charge in [-0.25, -0.2) is 0 Å². The van der Waals surface area contributed by atoms with E-state index in [9.17, 15) is 9.59 Å². The lowest BCUT2D eigenvalue weighted by molar-refractivity contribution is -0.136. The fourth-order valence-corrected chi connectivity index (χ4v) is 2.72. The number of anilines is 1. The Kier molecular flexibility index (Phi) is 7.87. The number of hydrogen-bond donors (Lipinski definition) is 2. The number of ether oxygens (including phenoxy) is 2. The van der Waals surface area contributed by atoms with E-state index in [1.807, 2.05) is 58.0 Å². The highest BCUT2D eigenvalue weighted by atomic mass is 16.5. The minimum absolute atomic E-state index is 0.346. The summed E-state index contributed by atoms with van der Waals surface area (Å²) in [5.74, 6) is 0.0538. The van der Waals surface area contributed by atoms with Crippen LogP contribution in [0.3, 0.4) is 0 Å². The summed E-state index contributed by atoms with van der Waals surface area (Å²) in [6, 6.07) is 11.3. The Morgan fingerprint density at radius 2 is 1.64 bits per heavy atom. The molecular formula is C22H28N2O4. The van der Waals surface area contributed by atoms with E-state index in [4.69, 9.17) is 9.47 Å². The maximum Gasteiger partial charge on any atom is 0.313 e. The first-order valence-electron chi connectivity index (χ1n) is 9.50. The van der Waals surface area contributed by atoms with Crippen LogP contribution >= 0.6 is 0 Å². The quantitative estimate of drug-likeness (QED) is 0.684. The van der Waals surface area contributed by atoms with Crippen molar-refractivity contribution in [3.05, 3.63) is 53.1 Å². The van der Waals surface area contributed by atoms with Crippen LogP contribution in [0.25, 0.3) is 0 Å². The molecule has 0 aromatic heterocycles. The molecule has 0 bridgehead atoms. The zero-order valence-electron chi connectivity index (χ0n) is 16.9. The number of amides is 2. The molecule has 0 unspecified atom stereocenters. The standard InChI is InChI=1S/C22H28N2O4/c1-5-27-19-11-10-17(14-20(19)28-6-2)12-13-23-21(25)22(26)24-18-9-7-8-15(3)16(18)4/h7-11,14H,5-6,12-13H2,1-4H3,(H,23,25)(H,24,26). The van der Waals surface area contributed by atoms with Gasteiger partial charge in [-0.2, -0.15) is 0 Å². The Morgan fingerprint density at radius 3 is 2.36 bits per heavy atom. The van der Waals surface area contributed by atoms with Crippen molar-refractivity contribution in [2.45, 2.75) is 34.1 Å². The molecule has 6 heteroatoms. The van der Waals surface area contributed by atoms with Gasteiger partial charge in [0.15, 0.2) is 11.5 Å². The number of aryl methyl sites for hydroxylation is 1. The summed E-state index contributed by atoms with van der Waals surface area (Å²) in [5.41, 5.74) is 3.63. The molecule has 2 aromatic carbocycles. The van der Waals surface area contributed by atoms with E-state index >= 15 is 0 Å². The number of rotatable bonds is 8. The summed E-state index contributed by atoms with van der Waals surface area (Å²) >= 11 is 0. The summed E-state index contributed by atoms with van der Waals surface area (Å²) in [4.78, 5) is 24.2. The van der Waals surface area contributed by atoms with E-state index < -0.39 is 11.8 Å². The van der Waals surface area contributed by atoms with Crippen molar-refractivity contribution in [3.8, 4) is 11.5 Å². The molecule has 0 saturated heterocycles. The second kappa shape index (κ2) is 10.3. The molecule has 0 fully saturated rings. The molecule has 2 aromatic rings. The molecular weight excluding hydrogens is 356 g/mol. The molecule has 28 heavy (non-hydrogen) atoms. The van der Waals surface area contributed by atoms with Crippen molar-refractivity contribution in [1.82, 2.24) is 5.32 Å². The summed E-state index contributed by atoms with van der Waals surface area (Å²) in [5, 5.41) is 5.31. The first-order chi connectivity index (χ1) is 13.5. The minimum atomic E-state index is -0.671. The highest BCUT2D eigenvalue weighted by molar-refractivity contribution is 6.39. The van der Waals surface area contributed by atoms with E-state index in [0.29, 0.717) is 43.4 Å². The van der Waals surface area contributed by atoms with Gasteiger partial charge >= 0.3 is 11.8 Å². The van der Waals surface area contributed by atoms with Gasteiger partial charge in [-0.05, 0) is 69.0 Å². The van der Waals surface area contributed by atoms with Crippen LogP contribution in [0.5, 0.6) is 11.5 Å². The Bertz CT molecular complexity index is 833. The Morgan fingerprint density at radius 1 is 0.929 bits per heavy atom. The van der Waals surface area contributed by atoms with Gasteiger partial charge in [0.05, 0.1) is 13.2 Å². The lowest BCUT2D eigenvalue weighted by atomic mass is 10.1. The molecule has 6 nitrogen and oxygen atoms in total. The fourth-order valence-electron chi connectivity index (χ4n) is 2.72. The first kappa shape index (κ1) is 21.3. The summed E-state index contributed by atoms with van der Waals surface area (Å²) < 4.78 is 11.2. The van der Waals surface area contributed by atoms with Crippen molar-refractivity contribution >= 4 is 17.5 Å². The topological polar surface area (TPSA) is 76.7 Å². The minimum Gasteiger partial charge on any atom is -0.490 e. The molecule has 0 saturated carbocycles. The van der Waals surface area contributed by atoms with Gasteiger partial charge < -0.3 is 20.1 Å². The second-order valence-electron chi connectivity index (χ2n) is 6.35. The van der Waals surface area contributed by atoms with E-state index in [2.05, 4.69) is 10.6 Å². The molecule has 0 atom stereocenters. The number of nitrogens with one attached hydrogen (secondary N) is 2.